The molecule has 0 radical (unpaired) electrons. The number of carbonyl (C=O) groups excluding carboxylic acids is 1. The maximum Gasteiger partial charge on any atom is 0.335 e. The topological polar surface area (TPSA) is 90.4 Å². The third-order valence-electron chi connectivity index (χ3n) is 3.81. The molecule has 2 N–H and O–H groups in total. The Kier molecular flexibility index (Phi) is 12.1. The molecule has 9 heteroatoms. The predicted molar refractivity (Wildman–Crippen MR) is 112 cm³/mol. The molecule has 0 saturated heterocycles. The average molecular weight is 412 g/mol. The normalized spacial score (nSPS) is 11.6. The number of nitrogens with one attached hydrogen (secondary N) is 2. The van der Waals surface area contributed by atoms with Crippen LogP contribution in [0.5, 0.6) is 5.75 Å². The highest BCUT2D eigenvalue weighted by Crippen LogP contribution is 2.15. The molecule has 0 atom stereocenters. The highest BCUT2D eigenvalue weighted by atomic mass is 28.4. The Balaban J connectivity index is 2.26. The van der Waals surface area contributed by atoms with Crippen LogP contribution in [0.2, 0.25) is 12.6 Å². The zero-order valence-electron chi connectivity index (χ0n) is 17.3. The van der Waals surface area contributed by atoms with Crippen molar-refractivity contribution in [3.63, 3.8) is 0 Å². The average Bonchev–Trinajstić information content (AvgIpc) is 2.67. The lowest BCUT2D eigenvalue weighted by Gasteiger charge is -2.25. The molecule has 1 aromatic rings. The van der Waals surface area contributed by atoms with Crippen LogP contribution >= 0.6 is 0 Å². The Morgan fingerprint density at radius 3 is 2.43 bits per heavy atom. The number of ether oxygens (including phenoxy) is 2. The first kappa shape index (κ1) is 24.1. The molecule has 0 heterocycles. The second-order valence-corrected chi connectivity index (χ2v) is 9.48. The minimum absolute atomic E-state index is 0.341. The van der Waals surface area contributed by atoms with Gasteiger partial charge >= 0.3 is 14.6 Å². The monoisotopic (exact) mass is 411 g/mol. The van der Waals surface area contributed by atoms with Crippen LogP contribution in [0.1, 0.15) is 25.8 Å². The van der Waals surface area contributed by atoms with Crippen LogP contribution in [0, 0.1) is 0 Å². The third-order valence-corrected chi connectivity index (χ3v) is 6.87. The van der Waals surface area contributed by atoms with Crippen LogP contribution in [0.25, 0.3) is 0 Å². The fourth-order valence-electron chi connectivity index (χ4n) is 2.51. The standard InChI is InChI=1S/C19H33N3O5Si/c1-5-26-28(4,27-6-2)15-7-12-20-19(23)22-21-16-17-8-10-18(11-9-17)25-14-13-24-3/h8-11,16H,5-7,12-15H2,1-4H3,(H2,20,22,23)/b21-16-. The summed E-state index contributed by atoms with van der Waals surface area (Å²) in [7, 11) is -0.494. The van der Waals surface area contributed by atoms with E-state index >= 15 is 0 Å². The fourth-order valence-corrected chi connectivity index (χ4v) is 4.92. The van der Waals surface area contributed by atoms with E-state index < -0.39 is 8.56 Å². The second kappa shape index (κ2) is 14.1. The molecule has 0 aliphatic heterocycles. The van der Waals surface area contributed by atoms with Crippen LogP contribution < -0.4 is 15.5 Å². The number of urea groups is 1. The van der Waals surface area contributed by atoms with Crippen LogP contribution in [0.3, 0.4) is 0 Å². The zero-order valence-corrected chi connectivity index (χ0v) is 18.3. The molecular weight excluding hydrogens is 378 g/mol. The van der Waals surface area contributed by atoms with E-state index in [1.54, 1.807) is 13.3 Å². The lowest BCUT2D eigenvalue weighted by Crippen LogP contribution is -2.40. The van der Waals surface area contributed by atoms with E-state index in [2.05, 4.69) is 22.4 Å². The van der Waals surface area contributed by atoms with Gasteiger partial charge in [-0.15, -0.1) is 0 Å². The molecule has 0 unspecified atom stereocenters. The van der Waals surface area contributed by atoms with E-state index in [9.17, 15) is 4.79 Å². The maximum absolute atomic E-state index is 11.8. The zero-order chi connectivity index (χ0) is 20.7. The van der Waals surface area contributed by atoms with Crippen molar-refractivity contribution in [3.8, 4) is 5.75 Å². The van der Waals surface area contributed by atoms with Crippen molar-refractivity contribution in [2.24, 2.45) is 5.10 Å². The number of nitrogens with zero attached hydrogens (tertiary/aromatic N) is 1. The highest BCUT2D eigenvalue weighted by molar-refractivity contribution is 6.66. The van der Waals surface area contributed by atoms with Crippen molar-refractivity contribution in [1.29, 1.82) is 0 Å². The molecule has 0 aliphatic rings. The lowest BCUT2D eigenvalue weighted by atomic mass is 10.2. The van der Waals surface area contributed by atoms with Crippen molar-refractivity contribution in [2.75, 3.05) is 40.1 Å². The van der Waals surface area contributed by atoms with Gasteiger partial charge < -0.3 is 23.6 Å². The summed E-state index contributed by atoms with van der Waals surface area (Å²) in [6.45, 7) is 8.86. The first-order valence-corrected chi connectivity index (χ1v) is 12.1. The van der Waals surface area contributed by atoms with E-state index in [1.165, 1.54) is 0 Å². The molecule has 0 bridgehead atoms. The number of carbonyl (C=O) groups is 1. The molecular formula is C19H33N3O5Si. The molecule has 0 saturated carbocycles. The fraction of sp³-hybridized carbons (Fsp3) is 0.579. The molecule has 2 amide bonds. The smallest absolute Gasteiger partial charge is 0.335 e. The van der Waals surface area contributed by atoms with Gasteiger partial charge in [0.25, 0.3) is 0 Å². The summed E-state index contributed by atoms with van der Waals surface area (Å²) in [4.78, 5) is 11.8. The van der Waals surface area contributed by atoms with E-state index in [1.807, 2.05) is 38.1 Å². The molecule has 0 aromatic heterocycles. The SMILES string of the molecule is CCO[Si](C)(CCCNC(=O)N/N=C\c1ccc(OCCOC)cc1)OCC. The lowest BCUT2D eigenvalue weighted by molar-refractivity contribution is 0.146. The summed E-state index contributed by atoms with van der Waals surface area (Å²) in [6, 6.07) is 7.89. The van der Waals surface area contributed by atoms with E-state index in [4.69, 9.17) is 18.3 Å². The van der Waals surface area contributed by atoms with Crippen molar-refractivity contribution < 1.29 is 23.1 Å². The van der Waals surface area contributed by atoms with E-state index in [0.717, 1.165) is 23.8 Å². The van der Waals surface area contributed by atoms with Gasteiger partial charge in [-0.2, -0.15) is 5.10 Å². The van der Waals surface area contributed by atoms with Crippen molar-refractivity contribution >= 4 is 20.8 Å². The van der Waals surface area contributed by atoms with Gasteiger partial charge in [-0.05, 0) is 62.7 Å². The van der Waals surface area contributed by atoms with E-state index in [0.29, 0.717) is 33.0 Å². The van der Waals surface area contributed by atoms with Crippen LogP contribution in [0.15, 0.2) is 29.4 Å². The third kappa shape index (κ3) is 10.4. The molecule has 1 aromatic carbocycles. The summed E-state index contributed by atoms with van der Waals surface area (Å²) in [6.07, 6.45) is 2.37. The summed E-state index contributed by atoms with van der Waals surface area (Å²) in [5.41, 5.74) is 3.31. The predicted octanol–water partition coefficient (Wildman–Crippen LogP) is 2.88. The summed E-state index contributed by atoms with van der Waals surface area (Å²) in [5, 5.41) is 6.72. The Morgan fingerprint density at radius 2 is 1.82 bits per heavy atom. The number of amides is 2. The van der Waals surface area contributed by atoms with Crippen LogP contribution in [0.4, 0.5) is 4.79 Å². The first-order chi connectivity index (χ1) is 13.5. The second-order valence-electron chi connectivity index (χ2n) is 6.14. The van der Waals surface area contributed by atoms with Gasteiger partial charge in [-0.25, -0.2) is 10.2 Å². The summed E-state index contributed by atoms with van der Waals surface area (Å²) in [5.74, 6) is 0.759. The number of benzene rings is 1. The summed E-state index contributed by atoms with van der Waals surface area (Å²) >= 11 is 0. The Labute approximate surface area is 168 Å². The molecule has 158 valence electrons. The number of rotatable bonds is 14. The minimum Gasteiger partial charge on any atom is -0.491 e. The van der Waals surface area contributed by atoms with Gasteiger partial charge in [0.2, 0.25) is 0 Å². The highest BCUT2D eigenvalue weighted by Gasteiger charge is 2.29. The van der Waals surface area contributed by atoms with Gasteiger partial charge in [-0.1, -0.05) is 0 Å². The van der Waals surface area contributed by atoms with E-state index in [-0.39, 0.29) is 6.03 Å². The van der Waals surface area contributed by atoms with Crippen LogP contribution in [-0.4, -0.2) is 60.9 Å². The van der Waals surface area contributed by atoms with Crippen molar-refractivity contribution in [1.82, 2.24) is 10.7 Å². The summed E-state index contributed by atoms with van der Waals surface area (Å²) < 4.78 is 22.0. The molecule has 1 rings (SSSR count). The molecule has 0 aliphatic carbocycles. The van der Waals surface area contributed by atoms with Gasteiger partial charge in [0.05, 0.1) is 12.8 Å². The van der Waals surface area contributed by atoms with Gasteiger partial charge in [0.15, 0.2) is 0 Å². The van der Waals surface area contributed by atoms with Gasteiger partial charge in [0, 0.05) is 26.9 Å². The molecule has 0 spiro atoms. The molecule has 28 heavy (non-hydrogen) atoms. The number of hydrazone groups is 1. The Hall–Kier alpha value is -1.94. The quantitative estimate of drug-likeness (QED) is 0.213. The molecule has 0 fully saturated rings. The van der Waals surface area contributed by atoms with Gasteiger partial charge in [0.1, 0.15) is 12.4 Å². The Morgan fingerprint density at radius 1 is 1.14 bits per heavy atom. The van der Waals surface area contributed by atoms with Crippen LogP contribution in [-0.2, 0) is 13.6 Å². The molecule has 8 nitrogen and oxygen atoms in total. The number of hydrogen-bond acceptors (Lipinski definition) is 6. The largest absolute Gasteiger partial charge is 0.491 e. The minimum atomic E-state index is -2.13. The van der Waals surface area contributed by atoms with Crippen molar-refractivity contribution in [3.05, 3.63) is 29.8 Å². The number of hydrogen-bond donors (Lipinski definition) is 2. The Bertz CT molecular complexity index is 577. The number of methoxy groups -OCH3 is 1. The maximum atomic E-state index is 11.8. The first-order valence-electron chi connectivity index (χ1n) is 9.59. The van der Waals surface area contributed by atoms with Crippen molar-refractivity contribution in [2.45, 2.75) is 32.9 Å². The van der Waals surface area contributed by atoms with Gasteiger partial charge in [-0.3, -0.25) is 0 Å².